The number of fused-ring (bicyclic) bond motifs is 2. The van der Waals surface area contributed by atoms with Crippen molar-refractivity contribution in [3.05, 3.63) is 29.0 Å². The Kier molecular flexibility index (Phi) is 3.10. The third-order valence-electron chi connectivity index (χ3n) is 4.38. The Morgan fingerprint density at radius 3 is 2.70 bits per heavy atom. The minimum Gasteiger partial charge on any atom is -0.356 e. The summed E-state index contributed by atoms with van der Waals surface area (Å²) in [6, 6.07) is 1.11. The van der Waals surface area contributed by atoms with E-state index in [-0.39, 0.29) is 15.8 Å². The Hall–Kier alpha value is -1.83. The van der Waals surface area contributed by atoms with Crippen LogP contribution in [0.1, 0.15) is 15.9 Å². The maximum atomic E-state index is 13.4. The summed E-state index contributed by atoms with van der Waals surface area (Å²) in [6.07, 6.45) is -2.28. The van der Waals surface area contributed by atoms with E-state index in [9.17, 15) is 18.0 Å². The molecule has 1 saturated carbocycles. The quantitative estimate of drug-likeness (QED) is 0.914. The number of amides is 1. The first-order valence-electron chi connectivity index (χ1n) is 7.20. The summed E-state index contributed by atoms with van der Waals surface area (Å²) in [6.45, 7) is 1.39. The number of carbonyl (C=O) groups is 1. The van der Waals surface area contributed by atoms with Gasteiger partial charge in [-0.2, -0.15) is 13.2 Å². The normalized spacial score (nSPS) is 23.2. The van der Waals surface area contributed by atoms with E-state index in [1.54, 1.807) is 0 Å². The number of anilines is 1. The first-order chi connectivity index (χ1) is 10.9. The molecule has 2 fully saturated rings. The second-order valence-corrected chi connectivity index (χ2v) is 6.74. The number of carbonyl (C=O) groups excluding carboxylic acids is 1. The third kappa shape index (κ3) is 2.36. The summed E-state index contributed by atoms with van der Waals surface area (Å²) < 4.78 is 40.3. The van der Waals surface area contributed by atoms with Gasteiger partial charge in [-0.1, -0.05) is 0 Å². The van der Waals surface area contributed by atoms with Gasteiger partial charge in [0.2, 0.25) is 0 Å². The number of halogens is 3. The first kappa shape index (κ1) is 14.7. The van der Waals surface area contributed by atoms with E-state index in [1.807, 2.05) is 4.90 Å². The Bertz CT molecular complexity index is 791. The van der Waals surface area contributed by atoms with E-state index in [4.69, 9.17) is 0 Å². The van der Waals surface area contributed by atoms with Crippen LogP contribution < -0.4 is 10.2 Å². The fourth-order valence-electron chi connectivity index (χ4n) is 3.08. The molecular formula is C15H13F3N3OS. The molecule has 1 radical (unpaired) electrons. The highest BCUT2D eigenvalue weighted by molar-refractivity contribution is 7.17. The zero-order valence-electron chi connectivity index (χ0n) is 12.1. The highest BCUT2D eigenvalue weighted by atomic mass is 32.1. The summed E-state index contributed by atoms with van der Waals surface area (Å²) >= 11 is 0.904. The van der Waals surface area contributed by atoms with Gasteiger partial charge in [0.15, 0.2) is 0 Å². The van der Waals surface area contributed by atoms with Crippen LogP contribution in [0.3, 0.4) is 0 Å². The Morgan fingerprint density at radius 2 is 2.09 bits per heavy atom. The van der Waals surface area contributed by atoms with Crippen LogP contribution in [0, 0.1) is 18.3 Å². The molecule has 1 aliphatic heterocycles. The zero-order valence-corrected chi connectivity index (χ0v) is 13.0. The van der Waals surface area contributed by atoms with Crippen LogP contribution in [0.15, 0.2) is 11.4 Å². The molecule has 0 bridgehead atoms. The van der Waals surface area contributed by atoms with Crippen LogP contribution in [0.2, 0.25) is 0 Å². The van der Waals surface area contributed by atoms with Crippen molar-refractivity contribution in [3.8, 4) is 0 Å². The minimum atomic E-state index is -4.48. The fraction of sp³-hybridized carbons (Fsp3) is 0.400. The second-order valence-electron chi connectivity index (χ2n) is 5.86. The van der Waals surface area contributed by atoms with Gasteiger partial charge in [-0.15, -0.1) is 11.3 Å². The van der Waals surface area contributed by atoms with Crippen LogP contribution in [-0.4, -0.2) is 31.0 Å². The average molecular weight is 340 g/mol. The van der Waals surface area contributed by atoms with Crippen molar-refractivity contribution in [3.63, 3.8) is 0 Å². The molecular weight excluding hydrogens is 327 g/mol. The Balaban J connectivity index is 1.88. The van der Waals surface area contributed by atoms with Crippen molar-refractivity contribution < 1.29 is 18.0 Å². The van der Waals surface area contributed by atoms with E-state index < -0.39 is 17.6 Å². The Morgan fingerprint density at radius 1 is 1.39 bits per heavy atom. The average Bonchev–Trinajstić information content (AvgIpc) is 2.95. The highest BCUT2D eigenvalue weighted by Crippen LogP contribution is 2.46. The summed E-state index contributed by atoms with van der Waals surface area (Å²) in [7, 11) is 1.45. The van der Waals surface area contributed by atoms with Crippen LogP contribution >= 0.6 is 11.3 Å². The van der Waals surface area contributed by atoms with Crippen molar-refractivity contribution in [2.45, 2.75) is 6.18 Å². The topological polar surface area (TPSA) is 45.2 Å². The van der Waals surface area contributed by atoms with E-state index >= 15 is 0 Å². The number of thiophene rings is 1. The fourth-order valence-corrected chi connectivity index (χ4v) is 4.10. The van der Waals surface area contributed by atoms with Gasteiger partial charge in [0, 0.05) is 25.5 Å². The molecule has 0 spiro atoms. The van der Waals surface area contributed by atoms with Crippen molar-refractivity contribution in [1.29, 1.82) is 0 Å². The smallest absolute Gasteiger partial charge is 0.356 e. The molecule has 1 unspecified atom stereocenters. The monoisotopic (exact) mass is 340 g/mol. The van der Waals surface area contributed by atoms with Crippen molar-refractivity contribution in [2.24, 2.45) is 11.8 Å². The van der Waals surface area contributed by atoms with E-state index in [0.29, 0.717) is 30.7 Å². The summed E-state index contributed by atoms with van der Waals surface area (Å²) in [4.78, 5) is 18.1. The minimum absolute atomic E-state index is 0.00997. The number of nitrogens with one attached hydrogen (secondary N) is 1. The lowest BCUT2D eigenvalue weighted by atomic mass is 10.1. The van der Waals surface area contributed by atoms with Gasteiger partial charge in [-0.3, -0.25) is 4.79 Å². The van der Waals surface area contributed by atoms with Gasteiger partial charge < -0.3 is 10.2 Å². The number of hydrogen-bond acceptors (Lipinski definition) is 4. The molecule has 2 aliphatic rings. The van der Waals surface area contributed by atoms with E-state index in [1.165, 1.54) is 12.4 Å². The molecule has 121 valence electrons. The molecule has 8 heteroatoms. The molecule has 2 aromatic heterocycles. The molecule has 1 aliphatic carbocycles. The lowest BCUT2D eigenvalue weighted by Gasteiger charge is -2.20. The van der Waals surface area contributed by atoms with E-state index in [0.717, 1.165) is 17.4 Å². The summed E-state index contributed by atoms with van der Waals surface area (Å²) in [5.41, 5.74) is -0.401. The first-order valence-corrected chi connectivity index (χ1v) is 8.08. The third-order valence-corrected chi connectivity index (χ3v) is 5.38. The van der Waals surface area contributed by atoms with Gasteiger partial charge in [0.25, 0.3) is 5.91 Å². The molecule has 4 nitrogen and oxygen atoms in total. The number of nitrogens with zero attached hydrogens (tertiary/aromatic N) is 2. The van der Waals surface area contributed by atoms with E-state index in [2.05, 4.69) is 16.7 Å². The molecule has 4 rings (SSSR count). The largest absolute Gasteiger partial charge is 0.417 e. The van der Waals surface area contributed by atoms with Crippen LogP contribution in [0.5, 0.6) is 0 Å². The lowest BCUT2D eigenvalue weighted by molar-refractivity contribution is -0.136. The molecule has 23 heavy (non-hydrogen) atoms. The van der Waals surface area contributed by atoms with Gasteiger partial charge in [0.1, 0.15) is 5.82 Å². The van der Waals surface area contributed by atoms with Gasteiger partial charge in [0.05, 0.1) is 21.3 Å². The lowest BCUT2D eigenvalue weighted by Crippen LogP contribution is -2.24. The second kappa shape index (κ2) is 4.83. The standard InChI is InChI=1S/C15H13F3N3OS/c1-19-14(22)9-6-23-13-10(15(16,17)18)3-11(20-12(9)13)21-4-7-2-8(7)5-21/h2-3,6-8H,4-5H2,1H3,(H,19,22)/t7-,8?/m1/s1. The molecule has 2 atom stereocenters. The molecule has 2 aromatic rings. The van der Waals surface area contributed by atoms with Crippen LogP contribution in [0.4, 0.5) is 19.0 Å². The van der Waals surface area contributed by atoms with Crippen molar-refractivity contribution >= 4 is 33.3 Å². The highest BCUT2D eigenvalue weighted by Gasteiger charge is 2.46. The number of piperidine rings is 1. The zero-order chi connectivity index (χ0) is 16.4. The van der Waals surface area contributed by atoms with Gasteiger partial charge in [-0.25, -0.2) is 4.98 Å². The summed E-state index contributed by atoms with van der Waals surface area (Å²) in [5, 5.41) is 3.88. The SMILES string of the molecule is CNC(=O)c1csc2c(C(F)(F)F)cc(N3CC4[CH][C@@H]4C3)nc12. The van der Waals surface area contributed by atoms with Gasteiger partial charge >= 0.3 is 6.18 Å². The van der Waals surface area contributed by atoms with Crippen molar-refractivity contribution in [1.82, 2.24) is 10.3 Å². The predicted octanol–water partition coefficient (Wildman–Crippen LogP) is 2.94. The maximum absolute atomic E-state index is 13.4. The number of aromatic nitrogens is 1. The molecule has 1 saturated heterocycles. The predicted molar refractivity (Wildman–Crippen MR) is 81.5 cm³/mol. The molecule has 1 amide bonds. The van der Waals surface area contributed by atoms with Crippen LogP contribution in [0.25, 0.3) is 10.2 Å². The number of rotatable bonds is 2. The molecule has 1 N–H and O–H groups in total. The number of pyridine rings is 1. The maximum Gasteiger partial charge on any atom is 0.417 e. The van der Waals surface area contributed by atoms with Gasteiger partial charge in [-0.05, 0) is 24.3 Å². The molecule has 3 heterocycles. The number of alkyl halides is 3. The summed E-state index contributed by atoms with van der Waals surface area (Å²) in [5.74, 6) is 0.797. The molecule has 0 aromatic carbocycles. The number of hydrogen-bond donors (Lipinski definition) is 1. The van der Waals surface area contributed by atoms with Crippen molar-refractivity contribution in [2.75, 3.05) is 25.0 Å². The Labute approximate surface area is 134 Å². The van der Waals surface area contributed by atoms with Crippen LogP contribution in [-0.2, 0) is 6.18 Å².